The Balaban J connectivity index is 1.56. The number of hydrogen-bond donors (Lipinski definition) is 1. The molecule has 0 amide bonds. The van der Waals surface area contributed by atoms with E-state index in [0.717, 1.165) is 16.8 Å². The van der Waals surface area contributed by atoms with Gasteiger partial charge in [0.2, 0.25) is 0 Å². The largest absolute Gasteiger partial charge is 0.310 e. The summed E-state index contributed by atoms with van der Waals surface area (Å²) in [6, 6.07) is 10.8. The van der Waals surface area contributed by atoms with Crippen molar-refractivity contribution in [3.05, 3.63) is 69.0 Å². The molecule has 136 valence electrons. The van der Waals surface area contributed by atoms with Gasteiger partial charge in [-0.25, -0.2) is 8.78 Å². The predicted octanol–water partition coefficient (Wildman–Crippen LogP) is 5.05. The molecule has 2 aromatic rings. The Bertz CT molecular complexity index is 868. The molecule has 0 radical (unpaired) electrons. The Morgan fingerprint density at radius 3 is 2.19 bits per heavy atom. The third kappa shape index (κ3) is 2.94. The summed E-state index contributed by atoms with van der Waals surface area (Å²) in [5.74, 6) is -0.596. The second kappa shape index (κ2) is 6.29. The summed E-state index contributed by atoms with van der Waals surface area (Å²) >= 11 is 11.9. The van der Waals surface area contributed by atoms with Gasteiger partial charge < -0.3 is 5.32 Å². The van der Waals surface area contributed by atoms with Crippen molar-refractivity contribution in [3.63, 3.8) is 0 Å². The SMILES string of the molecule is CC1(c2cc(Cl)c(F)c(Cl)c2)CN=C(c2ccc(C3(F)CNC3)cc2)C1. The molecule has 1 saturated heterocycles. The molecule has 26 heavy (non-hydrogen) atoms. The molecule has 1 N–H and O–H groups in total. The first-order valence-electron chi connectivity index (χ1n) is 8.50. The summed E-state index contributed by atoms with van der Waals surface area (Å²) in [5.41, 5.74) is 1.94. The van der Waals surface area contributed by atoms with Crippen LogP contribution >= 0.6 is 23.2 Å². The van der Waals surface area contributed by atoms with Crippen LogP contribution in [0.5, 0.6) is 0 Å². The number of aliphatic imine (C=N–C) groups is 1. The van der Waals surface area contributed by atoms with Crippen LogP contribution in [0.4, 0.5) is 8.78 Å². The van der Waals surface area contributed by atoms with Gasteiger partial charge in [0.05, 0.1) is 10.0 Å². The van der Waals surface area contributed by atoms with Crippen LogP contribution < -0.4 is 5.32 Å². The fourth-order valence-electron chi connectivity index (χ4n) is 3.55. The van der Waals surface area contributed by atoms with Gasteiger partial charge in [0.25, 0.3) is 0 Å². The highest BCUT2D eigenvalue weighted by atomic mass is 35.5. The first-order valence-corrected chi connectivity index (χ1v) is 9.25. The maximum absolute atomic E-state index is 14.5. The molecule has 6 heteroatoms. The fourth-order valence-corrected chi connectivity index (χ4v) is 4.04. The topological polar surface area (TPSA) is 24.4 Å². The van der Waals surface area contributed by atoms with Gasteiger partial charge in [0, 0.05) is 37.2 Å². The van der Waals surface area contributed by atoms with Crippen molar-refractivity contribution in [2.24, 2.45) is 4.99 Å². The molecule has 2 heterocycles. The lowest BCUT2D eigenvalue weighted by Crippen LogP contribution is -2.53. The highest BCUT2D eigenvalue weighted by molar-refractivity contribution is 6.35. The number of rotatable bonds is 3. The van der Waals surface area contributed by atoms with E-state index in [0.29, 0.717) is 31.6 Å². The number of nitrogens with one attached hydrogen (secondary N) is 1. The van der Waals surface area contributed by atoms with Gasteiger partial charge in [0.15, 0.2) is 11.5 Å². The van der Waals surface area contributed by atoms with Crippen LogP contribution in [0.3, 0.4) is 0 Å². The quantitative estimate of drug-likeness (QED) is 0.723. The second-order valence-electron chi connectivity index (χ2n) is 7.40. The van der Waals surface area contributed by atoms with Crippen molar-refractivity contribution < 1.29 is 8.78 Å². The van der Waals surface area contributed by atoms with Crippen molar-refractivity contribution in [1.29, 1.82) is 0 Å². The van der Waals surface area contributed by atoms with Crippen LogP contribution in [0.25, 0.3) is 0 Å². The Hall–Kier alpha value is -1.49. The van der Waals surface area contributed by atoms with Crippen LogP contribution in [0.1, 0.15) is 30.0 Å². The fraction of sp³-hybridized carbons (Fsp3) is 0.350. The van der Waals surface area contributed by atoms with Crippen LogP contribution in [0.15, 0.2) is 41.4 Å². The van der Waals surface area contributed by atoms with E-state index < -0.39 is 11.5 Å². The van der Waals surface area contributed by atoms with Gasteiger partial charge in [-0.2, -0.15) is 0 Å². The zero-order valence-electron chi connectivity index (χ0n) is 14.3. The summed E-state index contributed by atoms with van der Waals surface area (Å²) in [5, 5.41) is 3.01. The first-order chi connectivity index (χ1) is 12.3. The Morgan fingerprint density at radius 1 is 1.04 bits per heavy atom. The van der Waals surface area contributed by atoms with Gasteiger partial charge in [-0.1, -0.05) is 54.4 Å². The molecule has 2 aliphatic rings. The Kier molecular flexibility index (Phi) is 4.33. The second-order valence-corrected chi connectivity index (χ2v) is 8.21. The third-order valence-corrected chi connectivity index (χ3v) is 5.95. The van der Waals surface area contributed by atoms with Crippen LogP contribution in [-0.4, -0.2) is 25.3 Å². The average Bonchev–Trinajstić information content (AvgIpc) is 3.01. The van der Waals surface area contributed by atoms with E-state index in [4.69, 9.17) is 23.2 Å². The summed E-state index contributed by atoms with van der Waals surface area (Å²) < 4.78 is 28.2. The molecule has 1 unspecified atom stereocenters. The van der Waals surface area contributed by atoms with Gasteiger partial charge in [-0.3, -0.25) is 4.99 Å². The smallest absolute Gasteiger partial charge is 0.160 e. The van der Waals surface area contributed by atoms with Gasteiger partial charge in [-0.05, 0) is 28.8 Å². The molecular formula is C20H18Cl2F2N2. The number of benzene rings is 2. The van der Waals surface area contributed by atoms with Crippen molar-refractivity contribution in [1.82, 2.24) is 5.32 Å². The van der Waals surface area contributed by atoms with E-state index in [2.05, 4.69) is 17.2 Å². The van der Waals surface area contributed by atoms with E-state index in [1.165, 1.54) is 0 Å². The lowest BCUT2D eigenvalue weighted by Gasteiger charge is -2.35. The van der Waals surface area contributed by atoms with E-state index >= 15 is 0 Å². The molecule has 1 atom stereocenters. The zero-order chi connectivity index (χ0) is 18.5. The van der Waals surface area contributed by atoms with Crippen LogP contribution in [-0.2, 0) is 11.1 Å². The summed E-state index contributed by atoms with van der Waals surface area (Å²) in [6.45, 7) is 3.35. The maximum Gasteiger partial charge on any atom is 0.160 e. The summed E-state index contributed by atoms with van der Waals surface area (Å²) in [6.07, 6.45) is 0.687. The molecule has 2 nitrogen and oxygen atoms in total. The summed E-state index contributed by atoms with van der Waals surface area (Å²) in [7, 11) is 0. The summed E-state index contributed by atoms with van der Waals surface area (Å²) in [4.78, 5) is 4.67. The Morgan fingerprint density at radius 2 is 1.65 bits per heavy atom. The van der Waals surface area contributed by atoms with E-state index in [1.807, 2.05) is 24.3 Å². The van der Waals surface area contributed by atoms with E-state index in [1.54, 1.807) is 12.1 Å². The molecule has 1 fully saturated rings. The molecular weight excluding hydrogens is 377 g/mol. The van der Waals surface area contributed by atoms with Crippen LogP contribution in [0.2, 0.25) is 10.0 Å². The maximum atomic E-state index is 14.5. The minimum absolute atomic E-state index is 0.0221. The van der Waals surface area contributed by atoms with Crippen molar-refractivity contribution in [2.75, 3.05) is 19.6 Å². The molecule has 0 aliphatic carbocycles. The molecule has 0 aromatic heterocycles. The average molecular weight is 395 g/mol. The van der Waals surface area contributed by atoms with Crippen LogP contribution in [0, 0.1) is 5.82 Å². The monoisotopic (exact) mass is 394 g/mol. The molecule has 0 spiro atoms. The molecule has 2 aliphatic heterocycles. The zero-order valence-corrected chi connectivity index (χ0v) is 15.8. The third-order valence-electron chi connectivity index (χ3n) is 5.40. The first kappa shape index (κ1) is 17.9. The van der Waals surface area contributed by atoms with E-state index in [9.17, 15) is 8.78 Å². The van der Waals surface area contributed by atoms with Gasteiger partial charge >= 0.3 is 0 Å². The number of alkyl halides is 1. The minimum atomic E-state index is -1.26. The van der Waals surface area contributed by atoms with Crippen molar-refractivity contribution >= 4 is 28.9 Å². The van der Waals surface area contributed by atoms with Crippen molar-refractivity contribution in [2.45, 2.75) is 24.4 Å². The molecule has 0 bridgehead atoms. The molecule has 4 rings (SSSR count). The number of hydrogen-bond acceptors (Lipinski definition) is 2. The lowest BCUT2D eigenvalue weighted by molar-refractivity contribution is 0.0891. The standard InChI is InChI=1S/C20H18Cl2F2N2/c1-19(14-6-15(21)18(23)16(22)7-14)8-17(26-9-19)12-2-4-13(5-3-12)20(24)10-25-11-20/h2-7,25H,8-11H2,1H3. The lowest BCUT2D eigenvalue weighted by atomic mass is 9.79. The molecule has 0 saturated carbocycles. The number of nitrogens with zero attached hydrogens (tertiary/aromatic N) is 1. The van der Waals surface area contributed by atoms with Crippen molar-refractivity contribution in [3.8, 4) is 0 Å². The van der Waals surface area contributed by atoms with Gasteiger partial charge in [0.1, 0.15) is 0 Å². The van der Waals surface area contributed by atoms with E-state index in [-0.39, 0.29) is 15.5 Å². The highest BCUT2D eigenvalue weighted by Crippen LogP contribution is 2.38. The predicted molar refractivity (Wildman–Crippen MR) is 102 cm³/mol. The Labute approximate surface area is 161 Å². The van der Waals surface area contributed by atoms with Gasteiger partial charge in [-0.15, -0.1) is 0 Å². The normalized spacial score (nSPS) is 24.3. The number of halogens is 4. The minimum Gasteiger partial charge on any atom is -0.310 e. The molecule has 2 aromatic carbocycles. The highest BCUT2D eigenvalue weighted by Gasteiger charge is 2.39.